The minimum Gasteiger partial charge on any atom is -0.324 e. The van der Waals surface area contributed by atoms with Crippen LogP contribution in [0.2, 0.25) is 0 Å². The van der Waals surface area contributed by atoms with Crippen molar-refractivity contribution in [1.29, 1.82) is 0 Å². The number of thioether (sulfide) groups is 1. The van der Waals surface area contributed by atoms with Gasteiger partial charge in [-0.25, -0.2) is 0 Å². The van der Waals surface area contributed by atoms with Crippen LogP contribution < -0.4 is 10.2 Å². The molecule has 0 spiro atoms. The van der Waals surface area contributed by atoms with E-state index < -0.39 is 0 Å². The minimum atomic E-state index is -0.128. The van der Waals surface area contributed by atoms with Gasteiger partial charge in [-0.2, -0.15) is 0 Å². The Kier molecular flexibility index (Phi) is 5.94. The molecule has 0 bridgehead atoms. The molecule has 5 rings (SSSR count). The highest BCUT2D eigenvalue weighted by atomic mass is 32.2. The summed E-state index contributed by atoms with van der Waals surface area (Å²) in [6.07, 6.45) is 3.68. The van der Waals surface area contributed by atoms with E-state index in [1.165, 1.54) is 17.3 Å². The number of para-hydroxylation sites is 2. The van der Waals surface area contributed by atoms with Gasteiger partial charge < -0.3 is 14.8 Å². The Bertz CT molecular complexity index is 1130. The van der Waals surface area contributed by atoms with E-state index in [-0.39, 0.29) is 17.6 Å². The molecule has 2 amide bonds. The Morgan fingerprint density at radius 1 is 1.06 bits per heavy atom. The number of benzene rings is 2. The van der Waals surface area contributed by atoms with Gasteiger partial charge in [0.05, 0.1) is 23.7 Å². The van der Waals surface area contributed by atoms with Crippen LogP contribution in [0.25, 0.3) is 0 Å². The maximum Gasteiger partial charge on any atom is 0.234 e. The van der Waals surface area contributed by atoms with Gasteiger partial charge in [-0.1, -0.05) is 54.2 Å². The van der Waals surface area contributed by atoms with Crippen molar-refractivity contribution < 1.29 is 9.59 Å². The summed E-state index contributed by atoms with van der Waals surface area (Å²) in [5.41, 5.74) is 2.61. The van der Waals surface area contributed by atoms with Gasteiger partial charge >= 0.3 is 0 Å². The van der Waals surface area contributed by atoms with Gasteiger partial charge in [0.2, 0.25) is 11.8 Å². The molecule has 8 heteroatoms. The Hall–Kier alpha value is -3.13. The first-order valence-electron chi connectivity index (χ1n) is 11.0. The summed E-state index contributed by atoms with van der Waals surface area (Å²) in [7, 11) is 0. The lowest BCUT2D eigenvalue weighted by atomic mass is 10.2. The molecule has 2 aliphatic rings. The average Bonchev–Trinajstić information content (AvgIpc) is 3.44. The second-order valence-corrected chi connectivity index (χ2v) is 9.13. The summed E-state index contributed by atoms with van der Waals surface area (Å²) < 4.78 is 2.14. The summed E-state index contributed by atoms with van der Waals surface area (Å²) in [6, 6.07) is 17.7. The zero-order chi connectivity index (χ0) is 21.9. The molecule has 164 valence electrons. The highest BCUT2D eigenvalue weighted by Gasteiger charge is 2.30. The number of amides is 2. The summed E-state index contributed by atoms with van der Waals surface area (Å²) in [5, 5.41) is 12.5. The molecule has 1 saturated carbocycles. The van der Waals surface area contributed by atoms with Crippen LogP contribution in [-0.2, 0) is 16.1 Å². The molecule has 1 N–H and O–H groups in total. The van der Waals surface area contributed by atoms with Gasteiger partial charge in [-0.05, 0) is 37.0 Å². The summed E-state index contributed by atoms with van der Waals surface area (Å²) in [6.45, 7) is 1.39. The van der Waals surface area contributed by atoms with Crippen LogP contribution in [0.1, 0.15) is 43.0 Å². The fraction of sp³-hybridized carbons (Fsp3) is 0.333. The van der Waals surface area contributed by atoms with E-state index in [4.69, 9.17) is 0 Å². The molecule has 2 heterocycles. The molecule has 1 aromatic heterocycles. The SMILES string of the molecule is O=C(CSc1nnc(C2CC2)n1Cc1ccccc1)Nc1ccccc1N1CCCC1=O. The number of rotatable bonds is 8. The third-order valence-electron chi connectivity index (χ3n) is 5.75. The van der Waals surface area contributed by atoms with Crippen LogP contribution >= 0.6 is 11.8 Å². The second-order valence-electron chi connectivity index (χ2n) is 8.19. The van der Waals surface area contributed by atoms with Crippen molar-refractivity contribution >= 4 is 35.0 Å². The number of carbonyl (C=O) groups excluding carboxylic acids is 2. The fourth-order valence-electron chi connectivity index (χ4n) is 4.00. The highest BCUT2D eigenvalue weighted by Crippen LogP contribution is 2.40. The zero-order valence-corrected chi connectivity index (χ0v) is 18.6. The van der Waals surface area contributed by atoms with Gasteiger partial charge in [0.25, 0.3) is 0 Å². The number of hydrogen-bond donors (Lipinski definition) is 1. The molecule has 3 aromatic rings. The lowest BCUT2D eigenvalue weighted by molar-refractivity contribution is -0.117. The van der Waals surface area contributed by atoms with Crippen molar-refractivity contribution in [3.05, 3.63) is 66.0 Å². The lowest BCUT2D eigenvalue weighted by Crippen LogP contribution is -2.26. The third kappa shape index (κ3) is 4.55. The van der Waals surface area contributed by atoms with E-state index in [0.717, 1.165) is 35.9 Å². The Morgan fingerprint density at radius 3 is 2.59 bits per heavy atom. The van der Waals surface area contributed by atoms with E-state index in [9.17, 15) is 9.59 Å². The molecule has 1 saturated heterocycles. The molecule has 0 radical (unpaired) electrons. The Balaban J connectivity index is 1.28. The van der Waals surface area contributed by atoms with Crippen molar-refractivity contribution in [3.63, 3.8) is 0 Å². The van der Waals surface area contributed by atoms with Crippen LogP contribution in [-0.4, -0.2) is 38.9 Å². The smallest absolute Gasteiger partial charge is 0.234 e. The largest absolute Gasteiger partial charge is 0.324 e. The predicted molar refractivity (Wildman–Crippen MR) is 125 cm³/mol. The minimum absolute atomic E-state index is 0.0997. The number of aromatic nitrogens is 3. The maximum atomic E-state index is 12.8. The molecule has 7 nitrogen and oxygen atoms in total. The molecule has 2 fully saturated rings. The first kappa shape index (κ1) is 20.8. The van der Waals surface area contributed by atoms with Crippen molar-refractivity contribution in [2.75, 3.05) is 22.5 Å². The maximum absolute atomic E-state index is 12.8. The lowest BCUT2D eigenvalue weighted by Gasteiger charge is -2.19. The van der Waals surface area contributed by atoms with Crippen LogP contribution in [0.5, 0.6) is 0 Å². The molecule has 32 heavy (non-hydrogen) atoms. The Morgan fingerprint density at radius 2 is 1.84 bits per heavy atom. The molecule has 1 aliphatic heterocycles. The van der Waals surface area contributed by atoms with Crippen LogP contribution in [0, 0.1) is 0 Å². The standard InChI is InChI=1S/C24H25N5O2S/c30-21(25-19-9-4-5-10-20(19)28-14-6-11-22(28)31)16-32-24-27-26-23(18-12-13-18)29(24)15-17-7-2-1-3-8-17/h1-5,7-10,18H,6,11-16H2,(H,25,30). The van der Waals surface area contributed by atoms with Gasteiger partial charge in [0, 0.05) is 18.9 Å². The highest BCUT2D eigenvalue weighted by molar-refractivity contribution is 7.99. The summed E-state index contributed by atoms with van der Waals surface area (Å²) >= 11 is 1.40. The molecular weight excluding hydrogens is 422 g/mol. The van der Waals surface area contributed by atoms with Gasteiger partial charge in [0.15, 0.2) is 5.16 Å². The van der Waals surface area contributed by atoms with E-state index >= 15 is 0 Å². The molecule has 0 unspecified atom stereocenters. The van der Waals surface area contributed by atoms with Crippen LogP contribution in [0.4, 0.5) is 11.4 Å². The summed E-state index contributed by atoms with van der Waals surface area (Å²) in [4.78, 5) is 26.7. The first-order valence-corrected chi connectivity index (χ1v) is 12.0. The normalized spacial score (nSPS) is 15.9. The van der Waals surface area contributed by atoms with Gasteiger partial charge in [-0.15, -0.1) is 10.2 Å². The van der Waals surface area contributed by atoms with E-state index in [0.29, 0.717) is 31.1 Å². The Labute approximate surface area is 191 Å². The van der Waals surface area contributed by atoms with Gasteiger partial charge in [0.1, 0.15) is 5.82 Å². The van der Waals surface area contributed by atoms with Crippen molar-refractivity contribution in [3.8, 4) is 0 Å². The zero-order valence-electron chi connectivity index (χ0n) is 17.7. The molecule has 2 aromatic carbocycles. The van der Waals surface area contributed by atoms with Crippen molar-refractivity contribution in [1.82, 2.24) is 14.8 Å². The first-order chi connectivity index (χ1) is 15.7. The average molecular weight is 448 g/mol. The molecule has 1 aliphatic carbocycles. The molecule has 0 atom stereocenters. The number of nitrogens with zero attached hydrogens (tertiary/aromatic N) is 4. The van der Waals surface area contributed by atoms with Crippen molar-refractivity contribution in [2.24, 2.45) is 0 Å². The van der Waals surface area contributed by atoms with Crippen LogP contribution in [0.15, 0.2) is 59.8 Å². The van der Waals surface area contributed by atoms with Crippen LogP contribution in [0.3, 0.4) is 0 Å². The van der Waals surface area contributed by atoms with E-state index in [2.05, 4.69) is 32.2 Å². The quantitative estimate of drug-likeness (QED) is 0.527. The van der Waals surface area contributed by atoms with Gasteiger partial charge in [-0.3, -0.25) is 9.59 Å². The van der Waals surface area contributed by atoms with Crippen molar-refractivity contribution in [2.45, 2.75) is 43.3 Å². The number of carbonyl (C=O) groups is 2. The number of anilines is 2. The number of hydrogen-bond acceptors (Lipinski definition) is 5. The second kappa shape index (κ2) is 9.16. The van der Waals surface area contributed by atoms with E-state index in [1.807, 2.05) is 42.5 Å². The fourth-order valence-corrected chi connectivity index (χ4v) is 4.74. The topological polar surface area (TPSA) is 80.1 Å². The molecular formula is C24H25N5O2S. The third-order valence-corrected chi connectivity index (χ3v) is 6.71. The predicted octanol–water partition coefficient (Wildman–Crippen LogP) is 4.06. The summed E-state index contributed by atoms with van der Waals surface area (Å²) in [5.74, 6) is 1.67. The monoisotopic (exact) mass is 447 g/mol. The van der Waals surface area contributed by atoms with E-state index in [1.54, 1.807) is 4.90 Å². The number of nitrogens with one attached hydrogen (secondary N) is 1.